The molecule has 3 heteroatoms. The lowest BCUT2D eigenvalue weighted by Gasteiger charge is -2.29. The minimum absolute atomic E-state index is 0.534. The summed E-state index contributed by atoms with van der Waals surface area (Å²) in [6.07, 6.45) is 3.39. The zero-order chi connectivity index (χ0) is 10.6. The van der Waals surface area contributed by atoms with Gasteiger partial charge in [-0.2, -0.15) is 0 Å². The van der Waals surface area contributed by atoms with Crippen molar-refractivity contribution in [1.29, 1.82) is 0 Å². The smallest absolute Gasteiger partial charge is 0.0743 e. The van der Waals surface area contributed by atoms with Crippen LogP contribution in [-0.2, 0) is 0 Å². The lowest BCUT2D eigenvalue weighted by atomic mass is 10.0. The Hall–Kier alpha value is -0.120. The van der Waals surface area contributed by atoms with Crippen molar-refractivity contribution in [3.05, 3.63) is 0 Å². The third-order valence-corrected chi connectivity index (χ3v) is 3.07. The Bertz CT molecular complexity index is 165. The lowest BCUT2D eigenvalue weighted by Crippen LogP contribution is -2.43. The Kier molecular flexibility index (Phi) is 4.35. The number of nitrogens with zero attached hydrogens (tertiary/aromatic N) is 1. The van der Waals surface area contributed by atoms with Crippen molar-refractivity contribution in [1.82, 2.24) is 10.2 Å². The molecule has 2 atom stereocenters. The lowest BCUT2D eigenvalue weighted by molar-refractivity contribution is 0.0220. The van der Waals surface area contributed by atoms with E-state index < -0.39 is 5.60 Å². The van der Waals surface area contributed by atoms with E-state index in [4.69, 9.17) is 0 Å². The molecule has 1 fully saturated rings. The molecular weight excluding hydrogens is 176 g/mol. The number of rotatable bonds is 5. The van der Waals surface area contributed by atoms with Gasteiger partial charge in [0.2, 0.25) is 0 Å². The Morgan fingerprint density at radius 2 is 2.29 bits per heavy atom. The molecule has 0 saturated carbocycles. The summed E-state index contributed by atoms with van der Waals surface area (Å²) >= 11 is 0. The van der Waals surface area contributed by atoms with Gasteiger partial charge in [0.05, 0.1) is 5.60 Å². The normalized spacial score (nSPS) is 26.8. The van der Waals surface area contributed by atoms with Gasteiger partial charge in [0.25, 0.3) is 0 Å². The van der Waals surface area contributed by atoms with Crippen molar-refractivity contribution in [3.63, 3.8) is 0 Å². The van der Waals surface area contributed by atoms with Crippen LogP contribution in [0.15, 0.2) is 0 Å². The molecule has 2 N–H and O–H groups in total. The van der Waals surface area contributed by atoms with Gasteiger partial charge in [0.15, 0.2) is 0 Å². The van der Waals surface area contributed by atoms with Crippen molar-refractivity contribution in [3.8, 4) is 0 Å². The van der Waals surface area contributed by atoms with Gasteiger partial charge in [-0.15, -0.1) is 0 Å². The Labute approximate surface area is 87.5 Å². The quantitative estimate of drug-likeness (QED) is 0.690. The van der Waals surface area contributed by atoms with Gasteiger partial charge in [0, 0.05) is 19.1 Å². The molecule has 14 heavy (non-hydrogen) atoms. The van der Waals surface area contributed by atoms with E-state index in [1.54, 1.807) is 0 Å². The Morgan fingerprint density at radius 3 is 2.79 bits per heavy atom. The van der Waals surface area contributed by atoms with Crippen LogP contribution in [-0.4, -0.2) is 48.3 Å². The monoisotopic (exact) mass is 200 g/mol. The van der Waals surface area contributed by atoms with Crippen LogP contribution in [0, 0.1) is 0 Å². The van der Waals surface area contributed by atoms with Crippen LogP contribution in [0.2, 0.25) is 0 Å². The Balaban J connectivity index is 2.23. The Morgan fingerprint density at radius 1 is 1.57 bits per heavy atom. The molecule has 1 rings (SSSR count). The van der Waals surface area contributed by atoms with Gasteiger partial charge in [-0.05, 0) is 39.8 Å². The van der Waals surface area contributed by atoms with E-state index in [9.17, 15) is 5.11 Å². The second-order valence-corrected chi connectivity index (χ2v) is 4.84. The summed E-state index contributed by atoms with van der Waals surface area (Å²) in [5.41, 5.74) is -0.534. The van der Waals surface area contributed by atoms with E-state index in [1.807, 2.05) is 13.8 Å². The van der Waals surface area contributed by atoms with Crippen molar-refractivity contribution in [2.24, 2.45) is 0 Å². The van der Waals surface area contributed by atoms with E-state index in [-0.39, 0.29) is 0 Å². The first-order valence-corrected chi connectivity index (χ1v) is 5.68. The topological polar surface area (TPSA) is 35.5 Å². The first kappa shape index (κ1) is 12.0. The van der Waals surface area contributed by atoms with Crippen LogP contribution in [0.4, 0.5) is 0 Å². The maximum absolute atomic E-state index is 9.91. The van der Waals surface area contributed by atoms with Gasteiger partial charge in [-0.25, -0.2) is 0 Å². The second-order valence-electron chi connectivity index (χ2n) is 4.84. The molecule has 0 aromatic rings. The molecule has 0 aliphatic carbocycles. The number of likely N-dealkylation sites (N-methyl/N-ethyl adjacent to an activating group) is 1. The van der Waals surface area contributed by atoms with E-state index in [2.05, 4.69) is 17.3 Å². The fourth-order valence-electron chi connectivity index (χ4n) is 2.05. The maximum Gasteiger partial charge on any atom is 0.0743 e. The summed E-state index contributed by atoms with van der Waals surface area (Å²) in [6, 6.07) is 0.632. The first-order chi connectivity index (χ1) is 6.53. The standard InChI is InChI=1S/C11H24N2O/c1-4-11(2,14)9-13(3)8-10-6-5-7-12-10/h10,12,14H,4-9H2,1-3H3. The molecule has 0 aromatic heterocycles. The van der Waals surface area contributed by atoms with Crippen molar-refractivity contribution < 1.29 is 5.11 Å². The molecule has 1 aliphatic rings. The molecular formula is C11H24N2O. The molecule has 0 spiro atoms. The van der Waals surface area contributed by atoms with Crippen LogP contribution >= 0.6 is 0 Å². The average molecular weight is 200 g/mol. The van der Waals surface area contributed by atoms with Crippen LogP contribution in [0.1, 0.15) is 33.1 Å². The molecule has 1 heterocycles. The first-order valence-electron chi connectivity index (χ1n) is 5.68. The summed E-state index contributed by atoms with van der Waals surface area (Å²) in [7, 11) is 2.09. The molecule has 0 bridgehead atoms. The number of nitrogens with one attached hydrogen (secondary N) is 1. The molecule has 3 nitrogen and oxygen atoms in total. The summed E-state index contributed by atoms with van der Waals surface area (Å²) in [6.45, 7) is 6.91. The second kappa shape index (κ2) is 5.10. The van der Waals surface area contributed by atoms with Gasteiger partial charge in [-0.1, -0.05) is 6.92 Å². The fourth-order valence-corrected chi connectivity index (χ4v) is 2.05. The zero-order valence-electron chi connectivity index (χ0n) is 9.71. The molecule has 0 radical (unpaired) electrons. The van der Waals surface area contributed by atoms with Gasteiger partial charge in [0.1, 0.15) is 0 Å². The van der Waals surface area contributed by atoms with Crippen LogP contribution < -0.4 is 5.32 Å². The fraction of sp³-hybridized carbons (Fsp3) is 1.00. The molecule has 2 unspecified atom stereocenters. The molecule has 0 aromatic carbocycles. The van der Waals surface area contributed by atoms with Crippen molar-refractivity contribution in [2.45, 2.75) is 44.8 Å². The predicted molar refractivity (Wildman–Crippen MR) is 59.4 cm³/mol. The minimum Gasteiger partial charge on any atom is -0.389 e. The third-order valence-electron chi connectivity index (χ3n) is 3.07. The van der Waals surface area contributed by atoms with E-state index in [0.29, 0.717) is 6.04 Å². The van der Waals surface area contributed by atoms with Gasteiger partial charge in [-0.3, -0.25) is 0 Å². The summed E-state index contributed by atoms with van der Waals surface area (Å²) in [5.74, 6) is 0. The van der Waals surface area contributed by atoms with Crippen molar-refractivity contribution in [2.75, 3.05) is 26.7 Å². The molecule has 1 saturated heterocycles. The largest absolute Gasteiger partial charge is 0.389 e. The highest BCUT2D eigenvalue weighted by Crippen LogP contribution is 2.12. The van der Waals surface area contributed by atoms with Crippen molar-refractivity contribution >= 4 is 0 Å². The SMILES string of the molecule is CCC(C)(O)CN(C)CC1CCCN1. The number of hydrogen-bond donors (Lipinski definition) is 2. The summed E-state index contributed by atoms with van der Waals surface area (Å²) < 4.78 is 0. The van der Waals surface area contributed by atoms with E-state index in [0.717, 1.165) is 26.1 Å². The van der Waals surface area contributed by atoms with E-state index in [1.165, 1.54) is 12.8 Å². The molecule has 84 valence electrons. The molecule has 1 aliphatic heterocycles. The highest BCUT2D eigenvalue weighted by atomic mass is 16.3. The highest BCUT2D eigenvalue weighted by Gasteiger charge is 2.22. The summed E-state index contributed by atoms with van der Waals surface area (Å²) in [4.78, 5) is 2.23. The number of hydrogen-bond acceptors (Lipinski definition) is 3. The van der Waals surface area contributed by atoms with E-state index >= 15 is 0 Å². The van der Waals surface area contributed by atoms with Crippen LogP contribution in [0.25, 0.3) is 0 Å². The average Bonchev–Trinajstić information content (AvgIpc) is 2.55. The minimum atomic E-state index is -0.534. The predicted octanol–water partition coefficient (Wildman–Crippen LogP) is 0.831. The molecule has 0 amide bonds. The third kappa shape index (κ3) is 3.95. The zero-order valence-corrected chi connectivity index (χ0v) is 9.71. The van der Waals surface area contributed by atoms with Crippen LogP contribution in [0.3, 0.4) is 0 Å². The summed E-state index contributed by atoms with van der Waals surface area (Å²) in [5, 5.41) is 13.4. The highest BCUT2D eigenvalue weighted by molar-refractivity contribution is 4.80. The van der Waals surface area contributed by atoms with Gasteiger partial charge >= 0.3 is 0 Å². The maximum atomic E-state index is 9.91. The van der Waals surface area contributed by atoms with Gasteiger partial charge < -0.3 is 15.3 Å². The number of aliphatic hydroxyl groups is 1. The van der Waals surface area contributed by atoms with Crippen LogP contribution in [0.5, 0.6) is 0 Å².